The Morgan fingerprint density at radius 2 is 1.48 bits per heavy atom. The highest BCUT2D eigenvalue weighted by Crippen LogP contribution is 2.33. The number of para-hydroxylation sites is 2. The molecule has 0 saturated carbocycles. The van der Waals surface area contributed by atoms with Gasteiger partial charge in [0.2, 0.25) is 0 Å². The van der Waals surface area contributed by atoms with Gasteiger partial charge in [-0.2, -0.15) is 0 Å². The lowest BCUT2D eigenvalue weighted by Crippen LogP contribution is -2.32. The lowest BCUT2D eigenvalue weighted by Gasteiger charge is -2.24. The third-order valence-corrected chi connectivity index (χ3v) is 5.34. The van der Waals surface area contributed by atoms with Gasteiger partial charge in [0.25, 0.3) is 0 Å². The van der Waals surface area contributed by atoms with Crippen molar-refractivity contribution >= 4 is 0 Å². The van der Waals surface area contributed by atoms with Gasteiger partial charge < -0.3 is 24.3 Å². The number of hydrogen-bond donors (Lipinski definition) is 1. The zero-order valence-corrected chi connectivity index (χ0v) is 17.8. The first-order chi connectivity index (χ1) is 15.3. The Balaban J connectivity index is 1.28. The van der Waals surface area contributed by atoms with Gasteiger partial charge in [0.1, 0.15) is 6.61 Å². The van der Waals surface area contributed by atoms with Gasteiger partial charge in [-0.1, -0.05) is 72.8 Å². The first kappa shape index (κ1) is 21.4. The highest BCUT2D eigenvalue weighted by atomic mass is 16.7. The Labute approximate surface area is 183 Å². The van der Waals surface area contributed by atoms with Gasteiger partial charge in [-0.05, 0) is 23.3 Å². The molecule has 2 atom stereocenters. The largest absolute Gasteiger partial charge is 0.493 e. The van der Waals surface area contributed by atoms with E-state index < -0.39 is 0 Å². The lowest BCUT2D eigenvalue weighted by atomic mass is 9.91. The second kappa shape index (κ2) is 11.0. The summed E-state index contributed by atoms with van der Waals surface area (Å²) in [6, 6.07) is 28.5. The quantitative estimate of drug-likeness (QED) is 0.498. The van der Waals surface area contributed by atoms with Crippen molar-refractivity contribution in [2.75, 3.05) is 33.4 Å². The van der Waals surface area contributed by atoms with Crippen LogP contribution >= 0.6 is 0 Å². The van der Waals surface area contributed by atoms with Crippen LogP contribution in [0.4, 0.5) is 0 Å². The Morgan fingerprint density at radius 3 is 2.13 bits per heavy atom. The van der Waals surface area contributed by atoms with Crippen LogP contribution in [0.25, 0.3) is 0 Å². The van der Waals surface area contributed by atoms with Crippen molar-refractivity contribution in [2.24, 2.45) is 0 Å². The Morgan fingerprint density at radius 1 is 0.871 bits per heavy atom. The van der Waals surface area contributed by atoms with E-state index in [4.69, 9.17) is 18.9 Å². The molecule has 0 spiro atoms. The summed E-state index contributed by atoms with van der Waals surface area (Å²) in [5.74, 6) is 1.54. The predicted molar refractivity (Wildman–Crippen MR) is 121 cm³/mol. The Hall–Kier alpha value is -2.86. The van der Waals surface area contributed by atoms with Gasteiger partial charge in [-0.3, -0.25) is 0 Å². The molecule has 1 N–H and O–H groups in total. The molecule has 0 bridgehead atoms. The van der Waals surface area contributed by atoms with E-state index >= 15 is 0 Å². The topological polar surface area (TPSA) is 49.0 Å². The second-order valence-corrected chi connectivity index (χ2v) is 7.46. The van der Waals surface area contributed by atoms with Gasteiger partial charge >= 0.3 is 0 Å². The smallest absolute Gasteiger partial charge is 0.169 e. The molecule has 162 valence electrons. The van der Waals surface area contributed by atoms with Crippen molar-refractivity contribution < 1.29 is 18.9 Å². The van der Waals surface area contributed by atoms with Crippen LogP contribution in [0.2, 0.25) is 0 Å². The molecular formula is C26H29NO4. The van der Waals surface area contributed by atoms with E-state index in [1.54, 1.807) is 7.11 Å². The molecule has 0 aromatic heterocycles. The maximum absolute atomic E-state index is 6.29. The minimum atomic E-state index is -0.304. The van der Waals surface area contributed by atoms with Crippen molar-refractivity contribution in [3.8, 4) is 11.5 Å². The first-order valence-corrected chi connectivity index (χ1v) is 10.7. The van der Waals surface area contributed by atoms with Crippen LogP contribution in [0.15, 0.2) is 84.9 Å². The summed E-state index contributed by atoms with van der Waals surface area (Å²) in [6.07, 6.45) is -0.299. The molecule has 5 heteroatoms. The normalized spacial score (nSPS) is 18.3. The zero-order chi connectivity index (χ0) is 21.3. The van der Waals surface area contributed by atoms with Gasteiger partial charge in [-0.15, -0.1) is 0 Å². The van der Waals surface area contributed by atoms with Gasteiger partial charge in [0, 0.05) is 13.1 Å². The number of rotatable bonds is 10. The minimum absolute atomic E-state index is 0.00573. The van der Waals surface area contributed by atoms with Crippen LogP contribution in [0, 0.1) is 0 Å². The predicted octanol–water partition coefficient (Wildman–Crippen LogP) is 4.24. The van der Waals surface area contributed by atoms with Crippen molar-refractivity contribution in [3.05, 3.63) is 96.1 Å². The molecular weight excluding hydrogens is 390 g/mol. The van der Waals surface area contributed by atoms with Gasteiger partial charge in [0.15, 0.2) is 17.8 Å². The van der Waals surface area contributed by atoms with Crippen LogP contribution < -0.4 is 14.8 Å². The van der Waals surface area contributed by atoms with Gasteiger partial charge in [-0.25, -0.2) is 0 Å². The lowest BCUT2D eigenvalue weighted by molar-refractivity contribution is -0.0669. The van der Waals surface area contributed by atoms with Gasteiger partial charge in [0.05, 0.1) is 25.7 Å². The molecule has 5 nitrogen and oxygen atoms in total. The molecule has 31 heavy (non-hydrogen) atoms. The zero-order valence-electron chi connectivity index (χ0n) is 17.8. The third kappa shape index (κ3) is 5.64. The van der Waals surface area contributed by atoms with Crippen LogP contribution in [0.3, 0.4) is 0 Å². The number of benzene rings is 3. The highest BCUT2D eigenvalue weighted by Gasteiger charge is 2.34. The van der Waals surface area contributed by atoms with E-state index in [1.165, 1.54) is 11.1 Å². The molecule has 0 amide bonds. The van der Waals surface area contributed by atoms with Crippen molar-refractivity contribution in [2.45, 2.75) is 18.3 Å². The fourth-order valence-electron chi connectivity index (χ4n) is 3.81. The van der Waals surface area contributed by atoms with Crippen molar-refractivity contribution in [1.82, 2.24) is 5.32 Å². The molecule has 0 radical (unpaired) electrons. The molecule has 1 heterocycles. The summed E-state index contributed by atoms with van der Waals surface area (Å²) >= 11 is 0. The second-order valence-electron chi connectivity index (χ2n) is 7.46. The molecule has 3 aromatic carbocycles. The fraction of sp³-hybridized carbons (Fsp3) is 0.308. The fourth-order valence-corrected chi connectivity index (χ4v) is 3.81. The minimum Gasteiger partial charge on any atom is -0.493 e. The highest BCUT2D eigenvalue weighted by molar-refractivity contribution is 5.39. The average Bonchev–Trinajstić information content (AvgIpc) is 3.29. The summed E-state index contributed by atoms with van der Waals surface area (Å²) in [4.78, 5) is 0. The van der Waals surface area contributed by atoms with E-state index in [-0.39, 0.29) is 18.3 Å². The summed E-state index contributed by atoms with van der Waals surface area (Å²) in [6.45, 7) is 2.54. The van der Waals surface area contributed by atoms with Crippen LogP contribution in [0.5, 0.6) is 11.5 Å². The van der Waals surface area contributed by atoms with E-state index in [9.17, 15) is 0 Å². The SMILES string of the molecule is COc1ccccc1OCCNC[C@H]1CO[C@H](C(c2ccccc2)c2ccccc2)O1. The monoisotopic (exact) mass is 419 g/mol. The molecule has 1 saturated heterocycles. The molecule has 0 unspecified atom stereocenters. The van der Waals surface area contributed by atoms with E-state index in [0.717, 1.165) is 11.5 Å². The summed E-state index contributed by atoms with van der Waals surface area (Å²) < 4.78 is 23.5. The third-order valence-electron chi connectivity index (χ3n) is 5.34. The maximum Gasteiger partial charge on any atom is 0.169 e. The molecule has 1 aliphatic heterocycles. The Kier molecular flexibility index (Phi) is 7.56. The number of nitrogens with one attached hydrogen (secondary N) is 1. The van der Waals surface area contributed by atoms with Crippen molar-refractivity contribution in [1.29, 1.82) is 0 Å². The van der Waals surface area contributed by atoms with Crippen molar-refractivity contribution in [3.63, 3.8) is 0 Å². The molecule has 1 fully saturated rings. The molecule has 1 aliphatic rings. The summed E-state index contributed by atoms with van der Waals surface area (Å²) in [5, 5.41) is 3.40. The van der Waals surface area contributed by atoms with Crippen LogP contribution in [0.1, 0.15) is 17.0 Å². The number of methoxy groups -OCH3 is 1. The maximum atomic E-state index is 6.29. The first-order valence-electron chi connectivity index (χ1n) is 10.7. The van der Waals surface area contributed by atoms with Crippen LogP contribution in [-0.2, 0) is 9.47 Å². The van der Waals surface area contributed by atoms with E-state index in [1.807, 2.05) is 36.4 Å². The number of hydrogen-bond acceptors (Lipinski definition) is 5. The Bertz CT molecular complexity index is 879. The summed E-state index contributed by atoms with van der Waals surface area (Å²) in [5.41, 5.74) is 2.38. The molecule has 0 aliphatic carbocycles. The molecule has 3 aromatic rings. The molecule has 4 rings (SSSR count). The summed E-state index contributed by atoms with van der Waals surface area (Å²) in [7, 11) is 1.65. The number of ether oxygens (including phenoxy) is 4. The average molecular weight is 420 g/mol. The standard InChI is InChI=1S/C26H29NO4/c1-28-23-14-8-9-15-24(23)29-17-16-27-18-22-19-30-26(31-22)25(20-10-4-2-5-11-20)21-12-6-3-7-13-21/h2-15,22,25-27H,16-19H2,1H3/t22-,26-/m0/s1. The van der Waals surface area contributed by atoms with Crippen LogP contribution in [-0.4, -0.2) is 45.8 Å². The van der Waals surface area contributed by atoms with E-state index in [0.29, 0.717) is 26.3 Å². The van der Waals surface area contributed by atoms with E-state index in [2.05, 4.69) is 53.8 Å².